The first kappa shape index (κ1) is 51.2. The maximum absolute atomic E-state index is 2.64. The smallest absolute Gasteiger partial charge is 0.252 e. The highest BCUT2D eigenvalue weighted by Gasteiger charge is 2.49. The minimum Gasteiger partial charge on any atom is -0.311 e. The van der Waals surface area contributed by atoms with Gasteiger partial charge in [-0.2, -0.15) is 0 Å². The number of hydrogen-bond acceptors (Lipinski definition) is 6. The number of aryl methyl sites for hydroxylation is 2. The molecule has 0 N–H and O–H groups in total. The second-order valence-corrected chi connectivity index (χ2v) is 23.5. The van der Waals surface area contributed by atoms with Crippen LogP contribution >= 0.6 is 0 Å². The predicted molar refractivity (Wildman–Crippen MR) is 373 cm³/mol. The van der Waals surface area contributed by atoms with Gasteiger partial charge in [-0.3, -0.25) is 0 Å². The molecular weight excluding hydrogens is 1070 g/mol. The Labute approximate surface area is 515 Å². The average molecular weight is 1130 g/mol. The third kappa shape index (κ3) is 8.20. The third-order valence-corrected chi connectivity index (χ3v) is 18.2. The SMILES string of the molecule is Cc1cccc(N2c3cc4c(cc3B3c5ccccc5N(c5ccccc5)c5cc(N(c6ccccc6)c6ccccc6)cc2c53)B2c3ccccc3N(c3ccccc3)c3cc(N(c5ccccc5)c5ccccc5)cc(c32)N4c2cccc(C)c2)c1. The average Bonchev–Trinajstić information content (AvgIpc) is 0.808. The van der Waals surface area contributed by atoms with Gasteiger partial charge in [-0.05, 0) is 197 Å². The minimum absolute atomic E-state index is 0.154. The van der Waals surface area contributed by atoms with Crippen molar-refractivity contribution in [1.82, 2.24) is 0 Å². The summed E-state index contributed by atoms with van der Waals surface area (Å²) in [5, 5.41) is 0. The standard InChI is InChI=1S/C80H58B2N6/c1-55-27-25-41-63(47-55)87-73-54-74-70(53-69(73)81-67-43-21-23-45-71(67)85(61-37-17-7-18-38-61)75-49-65(51-77(87)79(75)81)83(57-29-9-3-10-30-57)58-31-11-4-12-32-58)82-68-44-22-24-46-72(68)86(62-39-19-8-20-40-62)76-50-66(52-78(80(76)82)88(74)64-42-26-28-56(2)48-64)84(59-33-13-5-14-34-59)60-35-15-6-16-36-60/h3-54H,1-2H3. The van der Waals surface area contributed by atoms with Crippen molar-refractivity contribution in [3.63, 3.8) is 0 Å². The molecule has 0 radical (unpaired) electrons. The maximum Gasteiger partial charge on any atom is 0.252 e. The van der Waals surface area contributed by atoms with E-state index < -0.39 is 0 Å². The normalized spacial score (nSPS) is 13.0. The number of para-hydroxylation sites is 8. The summed E-state index contributed by atoms with van der Waals surface area (Å²) >= 11 is 0. The van der Waals surface area contributed by atoms with Crippen LogP contribution in [0.5, 0.6) is 0 Å². The van der Waals surface area contributed by atoms with E-state index in [1.165, 1.54) is 43.9 Å². The lowest BCUT2D eigenvalue weighted by Gasteiger charge is -2.48. The maximum atomic E-state index is 2.64. The van der Waals surface area contributed by atoms with Crippen LogP contribution in [0.25, 0.3) is 0 Å². The highest BCUT2D eigenvalue weighted by Crippen LogP contribution is 2.52. The van der Waals surface area contributed by atoms with Crippen LogP contribution in [0.4, 0.5) is 102 Å². The summed E-state index contributed by atoms with van der Waals surface area (Å²) < 4.78 is 0. The summed E-state index contributed by atoms with van der Waals surface area (Å²) in [5.74, 6) is 0. The summed E-state index contributed by atoms with van der Waals surface area (Å²) in [6, 6.07) is 117. The monoisotopic (exact) mass is 1120 g/mol. The van der Waals surface area contributed by atoms with E-state index in [4.69, 9.17) is 0 Å². The van der Waals surface area contributed by atoms with E-state index >= 15 is 0 Å². The molecule has 0 saturated heterocycles. The van der Waals surface area contributed by atoms with Gasteiger partial charge in [0.25, 0.3) is 13.4 Å². The number of benzene rings is 13. The van der Waals surface area contributed by atoms with Crippen LogP contribution in [0.3, 0.4) is 0 Å². The highest BCUT2D eigenvalue weighted by molar-refractivity contribution is 7.03. The Hall–Kier alpha value is -11.2. The molecule has 0 fully saturated rings. The van der Waals surface area contributed by atoms with Gasteiger partial charge in [-0.15, -0.1) is 0 Å². The van der Waals surface area contributed by atoms with Crippen molar-refractivity contribution in [3.05, 3.63) is 327 Å². The van der Waals surface area contributed by atoms with E-state index in [9.17, 15) is 0 Å². The van der Waals surface area contributed by atoms with E-state index in [2.05, 4.69) is 359 Å². The highest BCUT2D eigenvalue weighted by atomic mass is 15.2. The summed E-state index contributed by atoms with van der Waals surface area (Å²) in [6.45, 7) is 4.13. The van der Waals surface area contributed by atoms with E-state index in [-0.39, 0.29) is 13.4 Å². The minimum atomic E-state index is -0.154. The van der Waals surface area contributed by atoms with Crippen molar-refractivity contribution >= 4 is 149 Å². The Morgan fingerprint density at radius 1 is 0.216 bits per heavy atom. The molecule has 13 aromatic rings. The predicted octanol–water partition coefficient (Wildman–Crippen LogP) is 17.4. The number of rotatable bonds is 10. The quantitative estimate of drug-likeness (QED) is 0.126. The van der Waals surface area contributed by atoms with Gasteiger partial charge in [0.15, 0.2) is 0 Å². The van der Waals surface area contributed by atoms with E-state index in [0.29, 0.717) is 0 Å². The number of hydrogen-bond donors (Lipinski definition) is 0. The van der Waals surface area contributed by atoms with E-state index in [1.54, 1.807) is 0 Å². The molecule has 0 atom stereocenters. The summed E-state index contributed by atoms with van der Waals surface area (Å²) in [6.07, 6.45) is 0. The summed E-state index contributed by atoms with van der Waals surface area (Å²) in [5.41, 5.74) is 30.0. The van der Waals surface area contributed by atoms with Gasteiger partial charge in [0, 0.05) is 91.0 Å². The lowest BCUT2D eigenvalue weighted by Crippen LogP contribution is -2.65. The van der Waals surface area contributed by atoms with Crippen LogP contribution in [0.2, 0.25) is 0 Å². The van der Waals surface area contributed by atoms with E-state index in [1.807, 2.05) is 0 Å². The van der Waals surface area contributed by atoms with Crippen LogP contribution in [0.15, 0.2) is 315 Å². The van der Waals surface area contributed by atoms with Crippen molar-refractivity contribution in [2.45, 2.75) is 13.8 Å². The van der Waals surface area contributed by atoms with Crippen LogP contribution in [0.1, 0.15) is 11.1 Å². The third-order valence-electron chi connectivity index (χ3n) is 18.2. The Kier molecular flexibility index (Phi) is 12.1. The van der Waals surface area contributed by atoms with Crippen LogP contribution in [-0.2, 0) is 0 Å². The number of nitrogens with zero attached hydrogens (tertiary/aromatic N) is 6. The molecule has 0 aliphatic carbocycles. The fraction of sp³-hybridized carbons (Fsp3) is 0.0250. The first-order chi connectivity index (χ1) is 43.5. The van der Waals surface area contributed by atoms with Crippen molar-refractivity contribution < 1.29 is 0 Å². The number of fused-ring (bicyclic) bond motifs is 8. The first-order valence-electron chi connectivity index (χ1n) is 30.5. The van der Waals surface area contributed by atoms with Crippen molar-refractivity contribution in [2.75, 3.05) is 29.4 Å². The van der Waals surface area contributed by atoms with Crippen LogP contribution in [-0.4, -0.2) is 13.4 Å². The summed E-state index contributed by atoms with van der Waals surface area (Å²) in [4.78, 5) is 15.1. The molecule has 17 rings (SSSR count). The molecule has 0 saturated carbocycles. The molecule has 13 aromatic carbocycles. The fourth-order valence-electron chi connectivity index (χ4n) is 14.6. The topological polar surface area (TPSA) is 19.4 Å². The van der Waals surface area contributed by atoms with Gasteiger partial charge in [-0.1, -0.05) is 176 Å². The Balaban J connectivity index is 1.01. The molecule has 4 aliphatic rings. The van der Waals surface area contributed by atoms with Crippen LogP contribution < -0.4 is 62.2 Å². The van der Waals surface area contributed by atoms with Crippen molar-refractivity contribution in [2.24, 2.45) is 0 Å². The molecule has 4 heterocycles. The Bertz CT molecular complexity index is 4440. The summed E-state index contributed by atoms with van der Waals surface area (Å²) in [7, 11) is 0. The molecule has 0 aromatic heterocycles. The lowest BCUT2D eigenvalue weighted by molar-refractivity contribution is 1.21. The van der Waals surface area contributed by atoms with Gasteiger partial charge in [0.1, 0.15) is 0 Å². The molecule has 414 valence electrons. The van der Waals surface area contributed by atoms with Crippen molar-refractivity contribution in [1.29, 1.82) is 0 Å². The van der Waals surface area contributed by atoms with Gasteiger partial charge < -0.3 is 29.4 Å². The number of anilines is 18. The zero-order chi connectivity index (χ0) is 58.4. The molecule has 0 amide bonds. The molecule has 0 spiro atoms. The molecule has 88 heavy (non-hydrogen) atoms. The molecule has 0 unspecified atom stereocenters. The molecule has 6 nitrogen and oxygen atoms in total. The first-order valence-corrected chi connectivity index (χ1v) is 30.5. The van der Waals surface area contributed by atoms with Crippen LogP contribution in [0, 0.1) is 13.8 Å². The zero-order valence-electron chi connectivity index (χ0n) is 48.9. The van der Waals surface area contributed by atoms with Crippen molar-refractivity contribution in [3.8, 4) is 0 Å². The van der Waals surface area contributed by atoms with E-state index in [0.717, 1.165) is 102 Å². The van der Waals surface area contributed by atoms with Gasteiger partial charge in [0.2, 0.25) is 0 Å². The molecular formula is C80H58B2N6. The molecule has 0 bridgehead atoms. The Morgan fingerprint density at radius 2 is 0.511 bits per heavy atom. The van der Waals surface area contributed by atoms with Gasteiger partial charge in [0.05, 0.1) is 11.4 Å². The fourth-order valence-corrected chi connectivity index (χ4v) is 14.6. The van der Waals surface area contributed by atoms with Gasteiger partial charge >= 0.3 is 0 Å². The Morgan fingerprint density at radius 3 is 0.852 bits per heavy atom. The van der Waals surface area contributed by atoms with Gasteiger partial charge in [-0.25, -0.2) is 0 Å². The zero-order valence-corrected chi connectivity index (χ0v) is 48.9. The molecule has 8 heteroatoms. The molecule has 4 aliphatic heterocycles. The largest absolute Gasteiger partial charge is 0.311 e. The second kappa shape index (κ2) is 20.8. The lowest BCUT2D eigenvalue weighted by atomic mass is 9.30. The second-order valence-electron chi connectivity index (χ2n) is 23.5.